The Labute approximate surface area is 117 Å². The second-order valence-electron chi connectivity index (χ2n) is 4.93. The number of carboxylic acid groups (broad SMARTS) is 1. The highest BCUT2D eigenvalue weighted by atomic mass is 32.2. The topological polar surface area (TPSA) is 58.6 Å². The Kier molecular flexibility index (Phi) is 4.37. The number of thioether (sulfide) groups is 1. The number of hydrogen-bond acceptors (Lipinski definition) is 4. The number of carbonyl (C=O) groups is 1. The zero-order chi connectivity index (χ0) is 13.9. The number of benzene rings is 1. The summed E-state index contributed by atoms with van der Waals surface area (Å²) in [5.74, 6) is 0.726. The van der Waals surface area contributed by atoms with Crippen LogP contribution in [-0.2, 0) is 11.2 Å². The summed E-state index contributed by atoms with van der Waals surface area (Å²) < 4.78 is 5.13. The molecule has 0 saturated carbocycles. The molecular formula is C14H19NO3S. The third kappa shape index (κ3) is 3.64. The Hall–Kier alpha value is -1.20. The van der Waals surface area contributed by atoms with Gasteiger partial charge in [0, 0.05) is 5.75 Å². The standard InChI is InChI=1S/C14H19NO3S/c1-14(15-12(9-19-14)13(16)17)8-7-10-3-5-11(18-2)6-4-10/h3-6,12,15H,7-9H2,1-2H3,(H,16,17). The number of nitrogens with one attached hydrogen (secondary N) is 1. The van der Waals surface area contributed by atoms with Crippen LogP contribution in [-0.4, -0.2) is 34.9 Å². The number of ether oxygens (including phenoxy) is 1. The molecule has 1 aliphatic heterocycles. The molecule has 1 aromatic rings. The van der Waals surface area contributed by atoms with Crippen LogP contribution in [0.5, 0.6) is 5.75 Å². The summed E-state index contributed by atoms with van der Waals surface area (Å²) >= 11 is 1.69. The molecule has 0 amide bonds. The minimum absolute atomic E-state index is 0.150. The van der Waals surface area contributed by atoms with Crippen LogP contribution in [0.4, 0.5) is 0 Å². The number of rotatable bonds is 5. The first-order valence-corrected chi connectivity index (χ1v) is 7.28. The van der Waals surface area contributed by atoms with E-state index in [-0.39, 0.29) is 4.87 Å². The van der Waals surface area contributed by atoms with Crippen LogP contribution in [0.25, 0.3) is 0 Å². The zero-order valence-electron chi connectivity index (χ0n) is 11.2. The van der Waals surface area contributed by atoms with Crippen LogP contribution in [0.15, 0.2) is 24.3 Å². The quantitative estimate of drug-likeness (QED) is 0.866. The van der Waals surface area contributed by atoms with Gasteiger partial charge in [-0.15, -0.1) is 11.8 Å². The van der Waals surface area contributed by atoms with Crippen molar-refractivity contribution in [2.24, 2.45) is 0 Å². The molecule has 0 spiro atoms. The van der Waals surface area contributed by atoms with E-state index in [4.69, 9.17) is 9.84 Å². The van der Waals surface area contributed by atoms with Crippen LogP contribution in [0.2, 0.25) is 0 Å². The first-order valence-electron chi connectivity index (χ1n) is 6.30. The molecule has 19 heavy (non-hydrogen) atoms. The van der Waals surface area contributed by atoms with Crippen molar-refractivity contribution in [2.45, 2.75) is 30.7 Å². The van der Waals surface area contributed by atoms with Gasteiger partial charge in [0.25, 0.3) is 0 Å². The molecule has 2 N–H and O–H groups in total. The van der Waals surface area contributed by atoms with Crippen LogP contribution in [0.1, 0.15) is 18.9 Å². The normalized spacial score (nSPS) is 26.3. The highest BCUT2D eigenvalue weighted by Gasteiger charge is 2.37. The molecule has 0 bridgehead atoms. The van der Waals surface area contributed by atoms with E-state index in [1.165, 1.54) is 5.56 Å². The minimum atomic E-state index is -0.763. The highest BCUT2D eigenvalue weighted by Crippen LogP contribution is 2.34. The van der Waals surface area contributed by atoms with Gasteiger partial charge in [0.2, 0.25) is 0 Å². The molecule has 1 fully saturated rings. The Morgan fingerprint density at radius 2 is 2.21 bits per heavy atom. The predicted molar refractivity (Wildman–Crippen MR) is 76.7 cm³/mol. The zero-order valence-corrected chi connectivity index (χ0v) is 12.0. The minimum Gasteiger partial charge on any atom is -0.497 e. The van der Waals surface area contributed by atoms with Gasteiger partial charge in [0.05, 0.1) is 12.0 Å². The van der Waals surface area contributed by atoms with Crippen molar-refractivity contribution in [1.29, 1.82) is 0 Å². The molecule has 2 rings (SSSR count). The van der Waals surface area contributed by atoms with Crippen molar-refractivity contribution in [3.8, 4) is 5.75 Å². The van der Waals surface area contributed by atoms with Gasteiger partial charge < -0.3 is 9.84 Å². The summed E-state index contributed by atoms with van der Waals surface area (Å²) in [7, 11) is 1.65. The van der Waals surface area contributed by atoms with Gasteiger partial charge >= 0.3 is 5.97 Å². The number of aryl methyl sites for hydroxylation is 1. The number of carboxylic acids is 1. The van der Waals surface area contributed by atoms with Crippen LogP contribution >= 0.6 is 11.8 Å². The molecule has 0 aliphatic carbocycles. The number of methoxy groups -OCH3 is 1. The van der Waals surface area contributed by atoms with Gasteiger partial charge in [-0.25, -0.2) is 0 Å². The smallest absolute Gasteiger partial charge is 0.321 e. The SMILES string of the molecule is COc1ccc(CCC2(C)NC(C(=O)O)CS2)cc1. The van der Waals surface area contributed by atoms with E-state index in [1.807, 2.05) is 12.1 Å². The van der Waals surface area contributed by atoms with E-state index in [2.05, 4.69) is 24.4 Å². The third-order valence-corrected chi connectivity index (χ3v) is 4.86. The molecule has 2 unspecified atom stereocenters. The second-order valence-corrected chi connectivity index (χ2v) is 6.45. The van der Waals surface area contributed by atoms with E-state index in [1.54, 1.807) is 18.9 Å². The van der Waals surface area contributed by atoms with Gasteiger partial charge in [-0.1, -0.05) is 12.1 Å². The molecule has 1 aliphatic rings. The summed E-state index contributed by atoms with van der Waals surface area (Å²) in [6, 6.07) is 7.58. The van der Waals surface area contributed by atoms with Gasteiger partial charge in [-0.2, -0.15) is 0 Å². The lowest BCUT2D eigenvalue weighted by molar-refractivity contribution is -0.138. The monoisotopic (exact) mass is 281 g/mol. The second kappa shape index (κ2) is 5.84. The van der Waals surface area contributed by atoms with Crippen molar-refractivity contribution in [3.05, 3.63) is 29.8 Å². The van der Waals surface area contributed by atoms with E-state index in [0.717, 1.165) is 18.6 Å². The highest BCUT2D eigenvalue weighted by molar-refractivity contribution is 8.00. The molecule has 1 heterocycles. The molecular weight excluding hydrogens is 262 g/mol. The lowest BCUT2D eigenvalue weighted by Gasteiger charge is -2.24. The van der Waals surface area contributed by atoms with Gasteiger partial charge in [-0.05, 0) is 37.5 Å². The van der Waals surface area contributed by atoms with Gasteiger partial charge in [-0.3, -0.25) is 10.1 Å². The van der Waals surface area contributed by atoms with Crippen LogP contribution in [0.3, 0.4) is 0 Å². The van der Waals surface area contributed by atoms with Crippen LogP contribution < -0.4 is 10.1 Å². The average Bonchev–Trinajstić information content (AvgIpc) is 2.81. The first-order chi connectivity index (χ1) is 9.02. The van der Waals surface area contributed by atoms with Gasteiger partial charge in [0.15, 0.2) is 0 Å². The molecule has 1 aromatic carbocycles. The van der Waals surface area contributed by atoms with E-state index < -0.39 is 12.0 Å². The lowest BCUT2D eigenvalue weighted by atomic mass is 10.1. The average molecular weight is 281 g/mol. The summed E-state index contributed by atoms with van der Waals surface area (Å²) in [6.45, 7) is 2.07. The Balaban J connectivity index is 1.89. The van der Waals surface area contributed by atoms with Crippen molar-refractivity contribution in [3.63, 3.8) is 0 Å². The summed E-state index contributed by atoms with van der Waals surface area (Å²) in [6.07, 6.45) is 1.83. The van der Waals surface area contributed by atoms with Crippen molar-refractivity contribution < 1.29 is 14.6 Å². The number of hydrogen-bond donors (Lipinski definition) is 2. The summed E-state index contributed by atoms with van der Waals surface area (Å²) in [5, 5.41) is 12.2. The fraction of sp³-hybridized carbons (Fsp3) is 0.500. The maximum Gasteiger partial charge on any atom is 0.321 e. The molecule has 1 saturated heterocycles. The molecule has 104 valence electrons. The molecule has 2 atom stereocenters. The molecule has 5 heteroatoms. The largest absolute Gasteiger partial charge is 0.497 e. The molecule has 0 aromatic heterocycles. The Morgan fingerprint density at radius 3 is 2.74 bits per heavy atom. The Morgan fingerprint density at radius 1 is 1.53 bits per heavy atom. The van der Waals surface area contributed by atoms with E-state index >= 15 is 0 Å². The van der Waals surface area contributed by atoms with Crippen LogP contribution in [0, 0.1) is 0 Å². The summed E-state index contributed by atoms with van der Waals surface area (Å²) in [4.78, 5) is 10.8. The van der Waals surface area contributed by atoms with Crippen molar-refractivity contribution in [1.82, 2.24) is 5.32 Å². The van der Waals surface area contributed by atoms with E-state index in [0.29, 0.717) is 5.75 Å². The number of aliphatic carboxylic acids is 1. The maximum atomic E-state index is 10.9. The first kappa shape index (κ1) is 14.2. The Bertz CT molecular complexity index is 449. The molecule has 0 radical (unpaired) electrons. The fourth-order valence-corrected chi connectivity index (χ4v) is 3.40. The third-order valence-electron chi connectivity index (χ3n) is 3.40. The van der Waals surface area contributed by atoms with Crippen molar-refractivity contribution in [2.75, 3.05) is 12.9 Å². The van der Waals surface area contributed by atoms with Gasteiger partial charge in [0.1, 0.15) is 11.8 Å². The summed E-state index contributed by atoms with van der Waals surface area (Å²) in [5.41, 5.74) is 1.24. The predicted octanol–water partition coefficient (Wildman–Crippen LogP) is 2.13. The van der Waals surface area contributed by atoms with Crippen molar-refractivity contribution >= 4 is 17.7 Å². The fourth-order valence-electron chi connectivity index (χ4n) is 2.17. The maximum absolute atomic E-state index is 10.9. The molecule has 4 nitrogen and oxygen atoms in total. The van der Waals surface area contributed by atoms with E-state index in [9.17, 15) is 4.79 Å². The lowest BCUT2D eigenvalue weighted by Crippen LogP contribution is -2.43.